The van der Waals surface area contributed by atoms with Crippen molar-refractivity contribution in [2.75, 3.05) is 6.54 Å². The molecule has 8 heterocycles. The molecule has 5 atom stereocenters. The lowest BCUT2D eigenvalue weighted by molar-refractivity contribution is -0.124. The number of nitrogens with one attached hydrogen (secondary N) is 6. The fourth-order valence-corrected chi connectivity index (χ4v) is 12.4. The molecule has 0 aromatic carbocycles. The number of amides is 6. The summed E-state index contributed by atoms with van der Waals surface area (Å²) >= 11 is 6.64. The van der Waals surface area contributed by atoms with Gasteiger partial charge in [-0.05, 0) is 60.6 Å². The van der Waals surface area contributed by atoms with Crippen LogP contribution in [0.4, 0.5) is 0 Å². The smallest absolute Gasteiger partial charge is 0.275 e. The van der Waals surface area contributed by atoms with Gasteiger partial charge in [-0.15, -0.1) is 68.0 Å². The highest BCUT2D eigenvalue weighted by Crippen LogP contribution is 2.38. The van der Waals surface area contributed by atoms with E-state index in [0.717, 1.165) is 56.7 Å². The Hall–Kier alpha value is -7.22. The van der Waals surface area contributed by atoms with Crippen molar-refractivity contribution in [3.8, 4) is 43.4 Å². The lowest BCUT2D eigenvalue weighted by Crippen LogP contribution is -2.52. The molecular weight excluding hydrogens is 1110 g/mol. The second-order valence-electron chi connectivity index (χ2n) is 17.6. The van der Waals surface area contributed by atoms with Gasteiger partial charge in [-0.2, -0.15) is 0 Å². The number of Topliss-reactive ketones (excluding diaryl/α,β-unsaturated/α-hetero) is 1. The molecule has 23 nitrogen and oxygen atoms in total. The summed E-state index contributed by atoms with van der Waals surface area (Å²) in [6.07, 6.45) is 0.364. The van der Waals surface area contributed by atoms with E-state index in [-0.39, 0.29) is 67.2 Å². The molecule has 8 rings (SSSR count). The summed E-state index contributed by atoms with van der Waals surface area (Å²) < 4.78 is 0. The molecule has 7 aromatic heterocycles. The van der Waals surface area contributed by atoms with Crippen LogP contribution in [0, 0.1) is 0 Å². The van der Waals surface area contributed by atoms with E-state index in [1.165, 1.54) is 79.6 Å². The van der Waals surface area contributed by atoms with Crippen LogP contribution >= 0.6 is 68.0 Å². The third-order valence-electron chi connectivity index (χ3n) is 11.2. The average Bonchev–Trinajstić information content (AvgIpc) is 4.29. The molecule has 9 N–H and O–H groups in total. The molecular formula is C48H47N13O10S6. The molecule has 8 bridgehead atoms. The van der Waals surface area contributed by atoms with E-state index in [4.69, 9.17) is 15.0 Å². The summed E-state index contributed by atoms with van der Waals surface area (Å²) in [7, 11) is 0. The van der Waals surface area contributed by atoms with Gasteiger partial charge in [0.05, 0.1) is 35.7 Å². The number of carbonyl (C=O) groups excluding carboxylic acids is 7. The van der Waals surface area contributed by atoms with Crippen molar-refractivity contribution < 1.29 is 48.9 Å². The van der Waals surface area contributed by atoms with E-state index >= 15 is 0 Å². The molecule has 0 saturated heterocycles. The van der Waals surface area contributed by atoms with Gasteiger partial charge >= 0.3 is 0 Å². The van der Waals surface area contributed by atoms with Gasteiger partial charge < -0.3 is 47.2 Å². The van der Waals surface area contributed by atoms with Crippen LogP contribution < -0.4 is 31.9 Å². The summed E-state index contributed by atoms with van der Waals surface area (Å²) in [5, 5.41) is 60.1. The van der Waals surface area contributed by atoms with Gasteiger partial charge in [-0.3, -0.25) is 33.6 Å². The van der Waals surface area contributed by atoms with Crippen molar-refractivity contribution >= 4 is 115 Å². The topological polar surface area (TPSA) is 343 Å². The second-order valence-corrected chi connectivity index (χ2v) is 22.8. The number of pyridine rings is 1. The molecule has 0 unspecified atom stereocenters. The number of nitrogens with zero attached hydrogens (tertiary/aromatic N) is 7. The molecule has 400 valence electrons. The number of aliphatic hydroxyl groups excluding tert-OH is 2. The van der Waals surface area contributed by atoms with Gasteiger partial charge in [-0.25, -0.2) is 34.9 Å². The van der Waals surface area contributed by atoms with Crippen LogP contribution in [0.5, 0.6) is 0 Å². The first-order valence-corrected chi connectivity index (χ1v) is 28.4. The lowest BCUT2D eigenvalue weighted by atomic mass is 9.99. The maximum Gasteiger partial charge on any atom is 0.275 e. The first-order chi connectivity index (χ1) is 36.6. The molecule has 77 heavy (non-hydrogen) atoms. The van der Waals surface area contributed by atoms with Crippen molar-refractivity contribution in [3.63, 3.8) is 0 Å². The minimum atomic E-state index is -1.60. The number of rotatable bonds is 10. The second kappa shape index (κ2) is 23.6. The summed E-state index contributed by atoms with van der Waals surface area (Å²) in [6, 6.07) is -0.270. The van der Waals surface area contributed by atoms with E-state index in [1.54, 1.807) is 36.7 Å². The van der Waals surface area contributed by atoms with Crippen LogP contribution in [0.25, 0.3) is 49.1 Å². The third-order valence-corrected chi connectivity index (χ3v) is 16.5. The number of allylic oxidation sites excluding steroid dienone is 2. The largest absolute Gasteiger partial charge is 0.391 e. The van der Waals surface area contributed by atoms with Gasteiger partial charge in [0.2, 0.25) is 5.91 Å². The fraction of sp³-hybridized carbons (Fsp3) is 0.292. The van der Waals surface area contributed by atoms with E-state index < -0.39 is 71.4 Å². The first-order valence-electron chi connectivity index (χ1n) is 23.1. The van der Waals surface area contributed by atoms with E-state index in [0.29, 0.717) is 37.7 Å². The summed E-state index contributed by atoms with van der Waals surface area (Å²) in [5.41, 5.74) is 0.133. The molecule has 7 aromatic rings. The molecule has 6 amide bonds. The predicted molar refractivity (Wildman–Crippen MR) is 291 cm³/mol. The van der Waals surface area contributed by atoms with E-state index in [1.807, 2.05) is 0 Å². The highest BCUT2D eigenvalue weighted by atomic mass is 32.1. The Bertz CT molecular complexity index is 3490. The van der Waals surface area contributed by atoms with Gasteiger partial charge in [0, 0.05) is 37.8 Å². The van der Waals surface area contributed by atoms with Crippen molar-refractivity contribution in [1.82, 2.24) is 66.8 Å². The quantitative estimate of drug-likeness (QED) is 0.0823. The average molecular weight is 1160 g/mol. The molecule has 1 aliphatic heterocycles. The van der Waals surface area contributed by atoms with Gasteiger partial charge in [0.25, 0.3) is 29.5 Å². The monoisotopic (exact) mass is 1160 g/mol. The first kappa shape index (κ1) is 56.0. The zero-order valence-electron chi connectivity index (χ0n) is 41.6. The van der Waals surface area contributed by atoms with Crippen LogP contribution in [0.1, 0.15) is 118 Å². The van der Waals surface area contributed by atoms with Gasteiger partial charge in [0.1, 0.15) is 99.5 Å². The van der Waals surface area contributed by atoms with Crippen molar-refractivity contribution in [1.29, 1.82) is 0 Å². The highest BCUT2D eigenvalue weighted by molar-refractivity contribution is 7.15. The van der Waals surface area contributed by atoms with Gasteiger partial charge in [-0.1, -0.05) is 12.2 Å². The lowest BCUT2D eigenvalue weighted by Gasteiger charge is -2.28. The zero-order valence-corrected chi connectivity index (χ0v) is 46.5. The number of aliphatic hydroxyl groups is 3. The van der Waals surface area contributed by atoms with E-state index in [9.17, 15) is 48.9 Å². The molecule has 0 fully saturated rings. The van der Waals surface area contributed by atoms with Gasteiger partial charge in [0.15, 0.2) is 0 Å². The summed E-state index contributed by atoms with van der Waals surface area (Å²) in [4.78, 5) is 125. The summed E-state index contributed by atoms with van der Waals surface area (Å²) in [6.45, 7) is 10.0. The minimum absolute atomic E-state index is 0.0221. The number of hydrogen-bond donors (Lipinski definition) is 9. The van der Waals surface area contributed by atoms with Crippen molar-refractivity contribution in [2.24, 2.45) is 0 Å². The molecule has 0 saturated carbocycles. The standard InChI is InChI=1S/C48H47N13O10S6/c1-8-23(36(65)49-12-19(3)62)51-37(66)27-15-74-45(56-27)31-18-75-44(58-31)25-11-10-22-34(50-25)26-13-76-46(53-26)33(21(5)64)60-39(68)29-17-77-47(57-29)35(48(6,7)71)61-40(69)30-16-73-43(55-30)24(9-2)52-41(70)32(20(4)63)59-38(67)28-14-72-42(22)54-28/h8-11,13-18,20-21,32-33,35,63-64,71H,12H2,1-7H3,(H,49,65)(H,51,66)(H,52,70)(H,59,67)(H,60,68)(H,61,69)/b23-8+,24-9-/t20-,21+,32+,33+,35+/m0/s1. The zero-order chi connectivity index (χ0) is 55.5. The molecule has 1 aliphatic rings. The number of carbonyl (C=O) groups is 7. The SMILES string of the molecule is C/C=C1\NC(=O)[C@@H]([C@H](C)O)NC(=O)c2csc(n2)-c2ccc(-c3nc(-c4nc(C(=O)N/C(=C/C)C(=O)NCC(C)=O)cs4)cs3)nc2-c2csc(n2)[C@@H]([C@@H](C)O)NC(=O)c2csc(n2)[C@H](C(C)(C)O)NC(=O)c2csc1n2. The van der Waals surface area contributed by atoms with Crippen LogP contribution in [0.15, 0.2) is 62.3 Å². The molecule has 29 heteroatoms. The number of hydrogen-bond acceptors (Lipinski definition) is 23. The molecule has 0 spiro atoms. The third kappa shape index (κ3) is 12.8. The Balaban J connectivity index is 1.15. The van der Waals surface area contributed by atoms with Crippen molar-refractivity contribution in [3.05, 3.63) is 100 Å². The van der Waals surface area contributed by atoms with Crippen LogP contribution in [-0.2, 0) is 14.4 Å². The Morgan fingerprint density at radius 1 is 0.662 bits per heavy atom. The van der Waals surface area contributed by atoms with Crippen LogP contribution in [0.3, 0.4) is 0 Å². The Labute approximate surface area is 462 Å². The molecule has 0 aliphatic carbocycles. The number of aromatic nitrogens is 7. The van der Waals surface area contributed by atoms with Crippen molar-refractivity contribution in [2.45, 2.75) is 84.4 Å². The number of fused-ring (bicyclic) bond motifs is 11. The number of thiazole rings is 6. The van der Waals surface area contributed by atoms with Crippen LogP contribution in [0.2, 0.25) is 0 Å². The normalized spacial score (nSPS) is 18.1. The van der Waals surface area contributed by atoms with Crippen LogP contribution in [-0.4, -0.2) is 122 Å². The predicted octanol–water partition coefficient (Wildman–Crippen LogP) is 4.89. The molecule has 0 radical (unpaired) electrons. The fourth-order valence-electron chi connectivity index (χ4n) is 7.17. The number of ketones is 1. The summed E-state index contributed by atoms with van der Waals surface area (Å²) in [5.74, 6) is -4.50. The Morgan fingerprint density at radius 3 is 1.87 bits per heavy atom. The highest BCUT2D eigenvalue weighted by Gasteiger charge is 2.35. The minimum Gasteiger partial charge on any atom is -0.391 e. The Morgan fingerprint density at radius 2 is 1.21 bits per heavy atom. The Kier molecular flexibility index (Phi) is 17.1. The van der Waals surface area contributed by atoms with E-state index in [2.05, 4.69) is 51.8 Å². The maximum atomic E-state index is 13.9. The maximum absolute atomic E-state index is 13.9.